The van der Waals surface area contributed by atoms with Crippen LogP contribution in [0.4, 0.5) is 0 Å². The van der Waals surface area contributed by atoms with Gasteiger partial charge in [0.2, 0.25) is 0 Å². The van der Waals surface area contributed by atoms with Crippen LogP contribution in [-0.4, -0.2) is 49.7 Å². The van der Waals surface area contributed by atoms with E-state index >= 15 is 0 Å². The summed E-state index contributed by atoms with van der Waals surface area (Å²) in [5, 5.41) is 0. The van der Waals surface area contributed by atoms with Crippen LogP contribution in [0, 0.1) is 5.92 Å². The highest BCUT2D eigenvalue weighted by Crippen LogP contribution is 2.32. The molecule has 0 heterocycles. The lowest BCUT2D eigenvalue weighted by Gasteiger charge is -2.20. The van der Waals surface area contributed by atoms with Crippen LogP contribution in [0.15, 0.2) is 48.6 Å². The van der Waals surface area contributed by atoms with Gasteiger partial charge in [-0.3, -0.25) is 9.59 Å². The molecule has 1 rings (SSSR count). The Morgan fingerprint density at radius 2 is 0.857 bits per heavy atom. The molecular formula is C44H77NO4. The second-order valence-corrected chi connectivity index (χ2v) is 14.6. The molecule has 0 radical (unpaired) electrons. The minimum Gasteiger partial charge on any atom is -0.458 e. The fraction of sp³-hybridized carbons (Fsp3) is 0.773. The molecule has 0 saturated heterocycles. The fourth-order valence-electron chi connectivity index (χ4n) is 6.59. The van der Waals surface area contributed by atoms with E-state index in [4.69, 9.17) is 9.47 Å². The Balaban J connectivity index is 2.18. The zero-order valence-electron chi connectivity index (χ0n) is 32.5. The van der Waals surface area contributed by atoms with Crippen LogP contribution in [-0.2, 0) is 19.1 Å². The molecule has 0 bridgehead atoms. The molecule has 5 heteroatoms. The average Bonchev–Trinajstić information content (AvgIpc) is 3.43. The predicted molar refractivity (Wildman–Crippen MR) is 210 cm³/mol. The summed E-state index contributed by atoms with van der Waals surface area (Å²) in [5.74, 6) is 0.0873. The molecule has 0 aromatic heterocycles. The summed E-state index contributed by atoms with van der Waals surface area (Å²) in [4.78, 5) is 27.6. The first kappa shape index (κ1) is 44.9. The second-order valence-electron chi connectivity index (χ2n) is 14.6. The van der Waals surface area contributed by atoms with Gasteiger partial charge < -0.3 is 14.4 Å². The summed E-state index contributed by atoms with van der Waals surface area (Å²) < 4.78 is 11.9. The van der Waals surface area contributed by atoms with E-state index in [0.717, 1.165) is 83.6 Å². The quantitative estimate of drug-likeness (QED) is 0.0401. The van der Waals surface area contributed by atoms with Crippen LogP contribution in [0.2, 0.25) is 0 Å². The Bertz CT molecular complexity index is 837. The van der Waals surface area contributed by atoms with Crippen molar-refractivity contribution in [1.82, 2.24) is 4.90 Å². The SMILES string of the molecule is CCCCC/C=C\C/C=C\CCCCCCCC(=O)OC1CC(CN(C)C)CC1OC(=O)CCCCCCC/C=C\C/C=C\CCCCC. The summed E-state index contributed by atoms with van der Waals surface area (Å²) in [6.45, 7) is 5.40. The molecule has 1 aliphatic carbocycles. The zero-order chi connectivity index (χ0) is 35.6. The molecule has 2 unspecified atom stereocenters. The van der Waals surface area contributed by atoms with Gasteiger partial charge in [-0.1, -0.05) is 127 Å². The number of ether oxygens (including phenoxy) is 2. The van der Waals surface area contributed by atoms with Crippen LogP contribution in [0.3, 0.4) is 0 Å². The van der Waals surface area contributed by atoms with E-state index in [1.165, 1.54) is 77.0 Å². The first-order valence-corrected chi connectivity index (χ1v) is 20.6. The largest absolute Gasteiger partial charge is 0.458 e. The highest BCUT2D eigenvalue weighted by Gasteiger charge is 2.39. The van der Waals surface area contributed by atoms with E-state index in [-0.39, 0.29) is 24.1 Å². The predicted octanol–water partition coefficient (Wildman–Crippen LogP) is 12.4. The molecule has 0 aromatic carbocycles. The number of hydrogen-bond donors (Lipinski definition) is 0. The normalized spacial score (nSPS) is 18.3. The lowest BCUT2D eigenvalue weighted by Crippen LogP contribution is -2.30. The van der Waals surface area contributed by atoms with Gasteiger partial charge in [-0.25, -0.2) is 0 Å². The maximum Gasteiger partial charge on any atom is 0.306 e. The van der Waals surface area contributed by atoms with Crippen LogP contribution in [0.25, 0.3) is 0 Å². The van der Waals surface area contributed by atoms with Crippen LogP contribution in [0.5, 0.6) is 0 Å². The van der Waals surface area contributed by atoms with Gasteiger partial charge in [-0.05, 0) is 110 Å². The van der Waals surface area contributed by atoms with Crippen LogP contribution >= 0.6 is 0 Å². The molecule has 1 saturated carbocycles. The van der Waals surface area contributed by atoms with E-state index in [1.54, 1.807) is 0 Å². The molecule has 0 aliphatic heterocycles. The first-order chi connectivity index (χ1) is 24.0. The van der Waals surface area contributed by atoms with Crippen LogP contribution < -0.4 is 0 Å². The topological polar surface area (TPSA) is 55.8 Å². The van der Waals surface area contributed by atoms with Gasteiger partial charge in [0.05, 0.1) is 0 Å². The Hall–Kier alpha value is -2.14. The van der Waals surface area contributed by atoms with E-state index in [9.17, 15) is 9.59 Å². The Kier molecular flexibility index (Phi) is 30.3. The molecule has 1 fully saturated rings. The van der Waals surface area contributed by atoms with Crippen molar-refractivity contribution in [2.45, 2.75) is 193 Å². The Labute approximate surface area is 303 Å². The lowest BCUT2D eigenvalue weighted by atomic mass is 10.1. The number of esters is 2. The third-order valence-electron chi connectivity index (χ3n) is 9.40. The summed E-state index contributed by atoms with van der Waals surface area (Å²) in [6.07, 6.45) is 45.7. The van der Waals surface area contributed by atoms with Crippen molar-refractivity contribution in [3.63, 3.8) is 0 Å². The number of nitrogens with zero attached hydrogens (tertiary/aromatic N) is 1. The van der Waals surface area contributed by atoms with Gasteiger partial charge >= 0.3 is 11.9 Å². The Morgan fingerprint density at radius 3 is 1.22 bits per heavy atom. The zero-order valence-corrected chi connectivity index (χ0v) is 32.5. The molecule has 2 atom stereocenters. The summed E-state index contributed by atoms with van der Waals surface area (Å²) in [5.41, 5.74) is 0. The summed E-state index contributed by atoms with van der Waals surface area (Å²) in [6, 6.07) is 0. The molecule has 0 spiro atoms. The maximum absolute atomic E-state index is 12.7. The standard InChI is InChI=1S/C44H77NO4/c1-5-7-9-11-13-15-17-19-21-23-25-27-29-31-33-35-43(46)48-41-37-40(39-45(3)4)38-42(41)49-44(47)36-34-32-30-28-26-24-22-20-18-16-14-12-10-8-6-2/h13-16,19-22,40-42H,5-12,17-18,23-39H2,1-4H3/b15-13-,16-14-,21-19-,22-20-. The Morgan fingerprint density at radius 1 is 0.510 bits per heavy atom. The van der Waals surface area contributed by atoms with Crippen molar-refractivity contribution in [3.05, 3.63) is 48.6 Å². The fourth-order valence-corrected chi connectivity index (χ4v) is 6.59. The van der Waals surface area contributed by atoms with Gasteiger partial charge in [0, 0.05) is 19.4 Å². The second kappa shape index (κ2) is 33.0. The maximum atomic E-state index is 12.7. The number of allylic oxidation sites excluding steroid dienone is 8. The van der Waals surface area contributed by atoms with Gasteiger partial charge in [0.25, 0.3) is 0 Å². The minimum atomic E-state index is -0.316. The monoisotopic (exact) mass is 684 g/mol. The van der Waals surface area contributed by atoms with Gasteiger partial charge in [-0.2, -0.15) is 0 Å². The third-order valence-corrected chi connectivity index (χ3v) is 9.40. The van der Waals surface area contributed by atoms with Crippen molar-refractivity contribution < 1.29 is 19.1 Å². The van der Waals surface area contributed by atoms with E-state index < -0.39 is 0 Å². The first-order valence-electron chi connectivity index (χ1n) is 20.6. The average molecular weight is 684 g/mol. The number of unbranched alkanes of at least 4 members (excludes halogenated alkanes) is 16. The van der Waals surface area contributed by atoms with Crippen molar-refractivity contribution >= 4 is 11.9 Å². The molecule has 5 nitrogen and oxygen atoms in total. The van der Waals surface area contributed by atoms with Crippen molar-refractivity contribution in [3.8, 4) is 0 Å². The molecule has 1 aliphatic rings. The van der Waals surface area contributed by atoms with E-state index in [0.29, 0.717) is 18.8 Å². The summed E-state index contributed by atoms with van der Waals surface area (Å²) in [7, 11) is 4.13. The van der Waals surface area contributed by atoms with E-state index in [1.807, 2.05) is 0 Å². The number of carbonyl (C=O) groups is 2. The molecule has 282 valence electrons. The van der Waals surface area contributed by atoms with Crippen LogP contribution in [0.1, 0.15) is 181 Å². The highest BCUT2D eigenvalue weighted by atomic mass is 16.6. The van der Waals surface area contributed by atoms with Crippen molar-refractivity contribution in [1.29, 1.82) is 0 Å². The number of hydrogen-bond acceptors (Lipinski definition) is 5. The summed E-state index contributed by atoms with van der Waals surface area (Å²) >= 11 is 0. The molecule has 49 heavy (non-hydrogen) atoms. The van der Waals surface area contributed by atoms with Crippen molar-refractivity contribution in [2.24, 2.45) is 5.92 Å². The smallest absolute Gasteiger partial charge is 0.306 e. The van der Waals surface area contributed by atoms with E-state index in [2.05, 4.69) is 81.5 Å². The molecule has 0 amide bonds. The molecule has 0 N–H and O–H groups in total. The lowest BCUT2D eigenvalue weighted by molar-refractivity contribution is -0.165. The molecule has 0 aromatic rings. The highest BCUT2D eigenvalue weighted by molar-refractivity contribution is 5.70. The van der Waals surface area contributed by atoms with Gasteiger partial charge in [-0.15, -0.1) is 0 Å². The number of rotatable bonds is 32. The minimum absolute atomic E-state index is 0.143. The van der Waals surface area contributed by atoms with Gasteiger partial charge in [0.1, 0.15) is 12.2 Å². The third kappa shape index (κ3) is 28.3. The molecular weight excluding hydrogens is 606 g/mol. The number of carbonyl (C=O) groups excluding carboxylic acids is 2. The van der Waals surface area contributed by atoms with Crippen molar-refractivity contribution in [2.75, 3.05) is 20.6 Å². The van der Waals surface area contributed by atoms with Gasteiger partial charge in [0.15, 0.2) is 0 Å².